The number of hydrogen-bond donors (Lipinski definition) is 1. The molecule has 0 unspecified atom stereocenters. The van der Waals surface area contributed by atoms with E-state index in [1.807, 2.05) is 0 Å². The average molecular weight is 354 g/mol. The van der Waals surface area contributed by atoms with E-state index >= 15 is 0 Å². The first-order valence-electron chi connectivity index (χ1n) is 7.24. The Morgan fingerprint density at radius 2 is 2.00 bits per heavy atom. The van der Waals surface area contributed by atoms with Crippen molar-refractivity contribution in [3.8, 4) is 0 Å². The second kappa shape index (κ2) is 7.92. The summed E-state index contributed by atoms with van der Waals surface area (Å²) < 4.78 is 18.9. The third-order valence-electron chi connectivity index (χ3n) is 3.38. The van der Waals surface area contributed by atoms with E-state index in [1.54, 1.807) is 19.1 Å². The van der Waals surface area contributed by atoms with Crippen molar-refractivity contribution in [1.29, 1.82) is 0 Å². The van der Waals surface area contributed by atoms with Crippen LogP contribution in [0.3, 0.4) is 0 Å². The van der Waals surface area contributed by atoms with Crippen LogP contribution in [0, 0.1) is 12.7 Å². The fourth-order valence-electron chi connectivity index (χ4n) is 2.15. The summed E-state index contributed by atoms with van der Waals surface area (Å²) in [6.07, 6.45) is 0.0720. The number of nitrogens with one attached hydrogen (secondary N) is 1. The molecule has 0 bridgehead atoms. The molecule has 0 atom stereocenters. The largest absolute Gasteiger partial charge is 0.469 e. The topological polar surface area (TPSA) is 73.2 Å². The Kier molecular flexibility index (Phi) is 5.92. The molecule has 1 aromatic heterocycles. The molecule has 2 rings (SSSR count). The second-order valence-electron chi connectivity index (χ2n) is 5.12. The van der Waals surface area contributed by atoms with Crippen molar-refractivity contribution >= 4 is 23.5 Å². The number of methoxy groups -OCH3 is 1. The van der Waals surface area contributed by atoms with Crippen LogP contribution in [0.4, 0.5) is 4.39 Å². The lowest BCUT2D eigenvalue weighted by Gasteiger charge is -2.05. The van der Waals surface area contributed by atoms with Gasteiger partial charge in [0.25, 0.3) is 5.91 Å². The Balaban J connectivity index is 2.09. The summed E-state index contributed by atoms with van der Waals surface area (Å²) in [5.74, 6) is -1.15. The van der Waals surface area contributed by atoms with Gasteiger partial charge in [0.05, 0.1) is 31.3 Å². The van der Waals surface area contributed by atoms with Gasteiger partial charge in [-0.1, -0.05) is 23.7 Å². The van der Waals surface area contributed by atoms with Gasteiger partial charge in [-0.25, -0.2) is 9.07 Å². The number of amides is 1. The van der Waals surface area contributed by atoms with Crippen LogP contribution >= 0.6 is 11.6 Å². The lowest BCUT2D eigenvalue weighted by atomic mass is 10.2. The van der Waals surface area contributed by atoms with Crippen LogP contribution in [-0.2, 0) is 16.1 Å². The predicted octanol–water partition coefficient (Wildman–Crippen LogP) is 2.33. The Bertz CT molecular complexity index is 744. The van der Waals surface area contributed by atoms with Gasteiger partial charge in [-0.15, -0.1) is 0 Å². The molecule has 1 N–H and O–H groups in total. The maximum atomic E-state index is 12.9. The van der Waals surface area contributed by atoms with Gasteiger partial charge in [0.1, 0.15) is 11.0 Å². The van der Waals surface area contributed by atoms with Crippen LogP contribution < -0.4 is 5.32 Å². The van der Waals surface area contributed by atoms with Gasteiger partial charge in [-0.3, -0.25) is 9.59 Å². The summed E-state index contributed by atoms with van der Waals surface area (Å²) in [4.78, 5) is 23.3. The highest BCUT2D eigenvalue weighted by Crippen LogP contribution is 2.21. The first-order valence-corrected chi connectivity index (χ1v) is 7.62. The molecular formula is C16H17ClFN3O3. The first kappa shape index (κ1) is 17.9. The number of rotatable bonds is 6. The monoisotopic (exact) mass is 353 g/mol. The van der Waals surface area contributed by atoms with Crippen LogP contribution in [0.5, 0.6) is 0 Å². The van der Waals surface area contributed by atoms with Gasteiger partial charge in [-0.2, -0.15) is 5.10 Å². The number of benzene rings is 1. The standard InChI is InChI=1S/C16H17ClFN3O3/c1-10-14(16(23)19-8-7-13(22)24-2)15(17)21(20-10)9-11-3-5-12(18)6-4-11/h3-6H,7-9H2,1-2H3,(H,19,23). The van der Waals surface area contributed by atoms with E-state index in [1.165, 1.54) is 23.9 Å². The number of carbonyl (C=O) groups excluding carboxylic acids is 2. The summed E-state index contributed by atoms with van der Waals surface area (Å²) in [6.45, 7) is 2.13. The van der Waals surface area contributed by atoms with E-state index in [0.717, 1.165) is 5.56 Å². The highest BCUT2D eigenvalue weighted by Gasteiger charge is 2.20. The molecule has 6 nitrogen and oxygen atoms in total. The Morgan fingerprint density at radius 3 is 2.62 bits per heavy atom. The second-order valence-corrected chi connectivity index (χ2v) is 5.48. The molecule has 2 aromatic rings. The molecule has 128 valence electrons. The van der Waals surface area contributed by atoms with E-state index in [0.29, 0.717) is 12.2 Å². The minimum Gasteiger partial charge on any atom is -0.469 e. The van der Waals surface area contributed by atoms with Gasteiger partial charge in [-0.05, 0) is 24.6 Å². The molecule has 0 aliphatic heterocycles. The van der Waals surface area contributed by atoms with E-state index < -0.39 is 11.9 Å². The third kappa shape index (κ3) is 4.32. The highest BCUT2D eigenvalue weighted by molar-refractivity contribution is 6.33. The van der Waals surface area contributed by atoms with Crippen LogP contribution in [0.25, 0.3) is 0 Å². The zero-order valence-electron chi connectivity index (χ0n) is 13.3. The Labute approximate surface area is 143 Å². The highest BCUT2D eigenvalue weighted by atomic mass is 35.5. The zero-order valence-corrected chi connectivity index (χ0v) is 14.1. The van der Waals surface area contributed by atoms with Crippen molar-refractivity contribution in [2.24, 2.45) is 0 Å². The molecule has 8 heteroatoms. The van der Waals surface area contributed by atoms with Crippen molar-refractivity contribution < 1.29 is 18.7 Å². The number of carbonyl (C=O) groups is 2. The van der Waals surface area contributed by atoms with Crippen molar-refractivity contribution in [3.63, 3.8) is 0 Å². The van der Waals surface area contributed by atoms with Crippen molar-refractivity contribution in [2.75, 3.05) is 13.7 Å². The predicted molar refractivity (Wildman–Crippen MR) is 86.4 cm³/mol. The molecule has 0 fully saturated rings. The third-order valence-corrected chi connectivity index (χ3v) is 3.76. The summed E-state index contributed by atoms with van der Waals surface area (Å²) in [7, 11) is 1.28. The molecule has 1 aromatic carbocycles. The number of aromatic nitrogens is 2. The number of halogens is 2. The number of aryl methyl sites for hydroxylation is 1. The van der Waals surface area contributed by atoms with Gasteiger partial charge in [0, 0.05) is 6.54 Å². The molecule has 1 heterocycles. The maximum absolute atomic E-state index is 12.9. The molecule has 0 saturated heterocycles. The average Bonchev–Trinajstić information content (AvgIpc) is 2.83. The lowest BCUT2D eigenvalue weighted by molar-refractivity contribution is -0.140. The number of nitrogens with zero attached hydrogens (tertiary/aromatic N) is 2. The molecule has 0 saturated carbocycles. The first-order chi connectivity index (χ1) is 11.4. The van der Waals surface area contributed by atoms with Gasteiger partial charge >= 0.3 is 5.97 Å². The maximum Gasteiger partial charge on any atom is 0.307 e. The fourth-order valence-corrected chi connectivity index (χ4v) is 2.47. The van der Waals surface area contributed by atoms with E-state index in [2.05, 4.69) is 15.2 Å². The molecule has 0 spiro atoms. The number of hydrogen-bond acceptors (Lipinski definition) is 4. The van der Waals surface area contributed by atoms with E-state index in [-0.39, 0.29) is 29.5 Å². The molecule has 24 heavy (non-hydrogen) atoms. The van der Waals surface area contributed by atoms with Crippen molar-refractivity contribution in [3.05, 3.63) is 52.1 Å². The van der Waals surface area contributed by atoms with Crippen LogP contribution in [0.15, 0.2) is 24.3 Å². The number of ether oxygens (including phenoxy) is 1. The quantitative estimate of drug-likeness (QED) is 0.809. The van der Waals surface area contributed by atoms with Gasteiger partial charge in [0.15, 0.2) is 0 Å². The summed E-state index contributed by atoms with van der Waals surface area (Å²) in [5, 5.41) is 7.04. The van der Waals surface area contributed by atoms with Crippen LogP contribution in [-0.4, -0.2) is 35.3 Å². The molecule has 0 radical (unpaired) electrons. The summed E-state index contributed by atoms with van der Waals surface area (Å²) >= 11 is 6.25. The lowest BCUT2D eigenvalue weighted by Crippen LogP contribution is -2.26. The Morgan fingerprint density at radius 1 is 1.33 bits per heavy atom. The SMILES string of the molecule is COC(=O)CCNC(=O)c1c(C)nn(Cc2ccc(F)cc2)c1Cl. The fraction of sp³-hybridized carbons (Fsp3) is 0.312. The van der Waals surface area contributed by atoms with Gasteiger partial charge < -0.3 is 10.1 Å². The van der Waals surface area contributed by atoms with Crippen LogP contribution in [0.1, 0.15) is 28.0 Å². The smallest absolute Gasteiger partial charge is 0.307 e. The van der Waals surface area contributed by atoms with E-state index in [4.69, 9.17) is 11.6 Å². The zero-order chi connectivity index (χ0) is 17.7. The van der Waals surface area contributed by atoms with Crippen molar-refractivity contribution in [1.82, 2.24) is 15.1 Å². The van der Waals surface area contributed by atoms with Crippen molar-refractivity contribution in [2.45, 2.75) is 19.9 Å². The minimum absolute atomic E-state index is 0.0720. The van der Waals surface area contributed by atoms with Crippen LogP contribution in [0.2, 0.25) is 5.15 Å². The Hall–Kier alpha value is -2.41. The summed E-state index contributed by atoms with van der Waals surface area (Å²) in [5.41, 5.74) is 1.53. The van der Waals surface area contributed by atoms with Gasteiger partial charge in [0.2, 0.25) is 0 Å². The molecule has 0 aliphatic carbocycles. The molecular weight excluding hydrogens is 337 g/mol. The molecule has 1 amide bonds. The number of esters is 1. The summed E-state index contributed by atoms with van der Waals surface area (Å²) in [6, 6.07) is 5.94. The molecule has 0 aliphatic rings. The normalized spacial score (nSPS) is 10.5. The minimum atomic E-state index is -0.412. The van der Waals surface area contributed by atoms with E-state index in [9.17, 15) is 14.0 Å².